The molecule has 1 aromatic heterocycles. The summed E-state index contributed by atoms with van der Waals surface area (Å²) >= 11 is 0. The molecule has 0 saturated heterocycles. The molecule has 19 heavy (non-hydrogen) atoms. The van der Waals surface area contributed by atoms with Gasteiger partial charge in [0.25, 0.3) is 0 Å². The zero-order chi connectivity index (χ0) is 14.0. The van der Waals surface area contributed by atoms with E-state index in [0.717, 1.165) is 34.1 Å². The minimum absolute atomic E-state index is 0.540. The standard InChI is InChI=1S/C15H20N2O2/c1-10-7-12(9-16)11(2)17(10)14-6-5-13(18-3)8-15(14)19-4/h5-8H,9,16H2,1-4H3. The lowest BCUT2D eigenvalue weighted by Crippen LogP contribution is -2.04. The van der Waals surface area contributed by atoms with Crippen LogP contribution in [0.2, 0.25) is 0 Å². The Hall–Kier alpha value is -1.94. The van der Waals surface area contributed by atoms with Gasteiger partial charge in [-0.3, -0.25) is 0 Å². The number of aromatic nitrogens is 1. The molecule has 1 aromatic carbocycles. The van der Waals surface area contributed by atoms with Crippen molar-refractivity contribution in [2.24, 2.45) is 5.73 Å². The van der Waals surface area contributed by atoms with Gasteiger partial charge in [-0.25, -0.2) is 0 Å². The average molecular weight is 260 g/mol. The van der Waals surface area contributed by atoms with Gasteiger partial charge in [-0.2, -0.15) is 0 Å². The van der Waals surface area contributed by atoms with Gasteiger partial charge in [0.05, 0.1) is 19.9 Å². The van der Waals surface area contributed by atoms with Gasteiger partial charge in [-0.05, 0) is 37.6 Å². The van der Waals surface area contributed by atoms with Crippen molar-refractivity contribution in [2.75, 3.05) is 14.2 Å². The summed E-state index contributed by atoms with van der Waals surface area (Å²) in [6.07, 6.45) is 0. The summed E-state index contributed by atoms with van der Waals surface area (Å²) in [6, 6.07) is 7.92. The Morgan fingerprint density at radius 3 is 2.37 bits per heavy atom. The molecule has 0 radical (unpaired) electrons. The van der Waals surface area contributed by atoms with Crippen LogP contribution in [-0.2, 0) is 6.54 Å². The van der Waals surface area contributed by atoms with Crippen LogP contribution >= 0.6 is 0 Å². The Morgan fingerprint density at radius 1 is 1.11 bits per heavy atom. The fraction of sp³-hybridized carbons (Fsp3) is 0.333. The minimum atomic E-state index is 0.540. The van der Waals surface area contributed by atoms with Gasteiger partial charge in [0.2, 0.25) is 0 Å². The number of nitrogens with zero attached hydrogens (tertiary/aromatic N) is 1. The van der Waals surface area contributed by atoms with Gasteiger partial charge < -0.3 is 19.8 Å². The van der Waals surface area contributed by atoms with Crippen LogP contribution in [0.25, 0.3) is 5.69 Å². The first-order chi connectivity index (χ1) is 9.12. The van der Waals surface area contributed by atoms with Crippen molar-refractivity contribution in [3.8, 4) is 17.2 Å². The largest absolute Gasteiger partial charge is 0.497 e. The molecular weight excluding hydrogens is 240 g/mol. The smallest absolute Gasteiger partial charge is 0.146 e. The monoisotopic (exact) mass is 260 g/mol. The van der Waals surface area contributed by atoms with Crippen molar-refractivity contribution >= 4 is 0 Å². The zero-order valence-corrected chi connectivity index (χ0v) is 11.9. The van der Waals surface area contributed by atoms with E-state index < -0.39 is 0 Å². The summed E-state index contributed by atoms with van der Waals surface area (Å²) in [5, 5.41) is 0. The molecule has 0 aliphatic rings. The number of aryl methyl sites for hydroxylation is 1. The van der Waals surface area contributed by atoms with Crippen LogP contribution in [0, 0.1) is 13.8 Å². The number of nitrogens with two attached hydrogens (primary N) is 1. The van der Waals surface area contributed by atoms with Crippen molar-refractivity contribution in [1.82, 2.24) is 4.57 Å². The number of hydrogen-bond acceptors (Lipinski definition) is 3. The summed E-state index contributed by atoms with van der Waals surface area (Å²) in [4.78, 5) is 0. The maximum atomic E-state index is 5.76. The molecule has 4 nitrogen and oxygen atoms in total. The van der Waals surface area contributed by atoms with Gasteiger partial charge in [0.15, 0.2) is 0 Å². The molecule has 102 valence electrons. The second-order valence-electron chi connectivity index (χ2n) is 4.47. The average Bonchev–Trinajstić information content (AvgIpc) is 2.72. The van der Waals surface area contributed by atoms with Gasteiger partial charge in [0.1, 0.15) is 11.5 Å². The molecule has 0 atom stereocenters. The van der Waals surface area contributed by atoms with E-state index in [9.17, 15) is 0 Å². The third-order valence-corrected chi connectivity index (χ3v) is 3.38. The maximum Gasteiger partial charge on any atom is 0.146 e. The van der Waals surface area contributed by atoms with Crippen molar-refractivity contribution in [1.29, 1.82) is 0 Å². The third-order valence-electron chi connectivity index (χ3n) is 3.38. The summed E-state index contributed by atoms with van der Waals surface area (Å²) in [6.45, 7) is 4.67. The second-order valence-corrected chi connectivity index (χ2v) is 4.47. The molecule has 0 saturated carbocycles. The third kappa shape index (κ3) is 2.31. The highest BCUT2D eigenvalue weighted by molar-refractivity contribution is 5.54. The molecule has 0 aliphatic heterocycles. The first-order valence-electron chi connectivity index (χ1n) is 6.22. The highest BCUT2D eigenvalue weighted by Crippen LogP contribution is 2.31. The van der Waals surface area contributed by atoms with Gasteiger partial charge >= 0.3 is 0 Å². The van der Waals surface area contributed by atoms with Gasteiger partial charge in [-0.1, -0.05) is 0 Å². The molecular formula is C15H20N2O2. The number of hydrogen-bond donors (Lipinski definition) is 1. The van der Waals surface area contributed by atoms with Gasteiger partial charge in [-0.15, -0.1) is 0 Å². The first kappa shape index (κ1) is 13.5. The Labute approximate surface area is 113 Å². The van der Waals surface area contributed by atoms with Crippen molar-refractivity contribution in [3.05, 3.63) is 41.2 Å². The lowest BCUT2D eigenvalue weighted by molar-refractivity contribution is 0.393. The molecule has 0 aliphatic carbocycles. The predicted octanol–water partition coefficient (Wildman–Crippen LogP) is 2.57. The maximum absolute atomic E-state index is 5.76. The van der Waals surface area contributed by atoms with Gasteiger partial charge in [0, 0.05) is 24.0 Å². The Bertz CT molecular complexity index is 588. The predicted molar refractivity (Wildman–Crippen MR) is 76.2 cm³/mol. The SMILES string of the molecule is COc1ccc(-n2c(C)cc(CN)c2C)c(OC)c1. The lowest BCUT2D eigenvalue weighted by Gasteiger charge is -2.15. The summed E-state index contributed by atoms with van der Waals surface area (Å²) in [5.41, 5.74) is 10.2. The van der Waals surface area contributed by atoms with E-state index >= 15 is 0 Å². The van der Waals surface area contributed by atoms with Crippen molar-refractivity contribution in [2.45, 2.75) is 20.4 Å². The number of rotatable bonds is 4. The lowest BCUT2D eigenvalue weighted by atomic mass is 10.2. The van der Waals surface area contributed by atoms with Crippen molar-refractivity contribution < 1.29 is 9.47 Å². The molecule has 0 amide bonds. The molecule has 0 spiro atoms. The molecule has 2 aromatic rings. The van der Waals surface area contributed by atoms with Crippen LogP contribution < -0.4 is 15.2 Å². The molecule has 2 rings (SSSR count). The Kier molecular flexibility index (Phi) is 3.81. The molecule has 2 N–H and O–H groups in total. The number of benzene rings is 1. The van der Waals surface area contributed by atoms with Crippen LogP contribution in [0.5, 0.6) is 11.5 Å². The number of methoxy groups -OCH3 is 2. The van der Waals surface area contributed by atoms with Crippen molar-refractivity contribution in [3.63, 3.8) is 0 Å². The normalized spacial score (nSPS) is 10.6. The van der Waals surface area contributed by atoms with Crippen LogP contribution in [0.3, 0.4) is 0 Å². The van der Waals surface area contributed by atoms with E-state index in [0.29, 0.717) is 6.54 Å². The van der Waals surface area contributed by atoms with E-state index in [2.05, 4.69) is 24.5 Å². The quantitative estimate of drug-likeness (QED) is 0.919. The fourth-order valence-corrected chi connectivity index (χ4v) is 2.38. The zero-order valence-electron chi connectivity index (χ0n) is 11.9. The van der Waals surface area contributed by atoms with Crippen LogP contribution in [0.15, 0.2) is 24.3 Å². The second kappa shape index (κ2) is 5.36. The van der Waals surface area contributed by atoms with Crippen LogP contribution in [0.1, 0.15) is 17.0 Å². The topological polar surface area (TPSA) is 49.4 Å². The minimum Gasteiger partial charge on any atom is -0.497 e. The number of ether oxygens (including phenoxy) is 2. The van der Waals surface area contributed by atoms with E-state index in [-0.39, 0.29) is 0 Å². The van der Waals surface area contributed by atoms with E-state index in [1.54, 1.807) is 14.2 Å². The van der Waals surface area contributed by atoms with E-state index in [4.69, 9.17) is 15.2 Å². The van der Waals surface area contributed by atoms with Crippen LogP contribution in [0.4, 0.5) is 0 Å². The Morgan fingerprint density at radius 2 is 1.84 bits per heavy atom. The fourth-order valence-electron chi connectivity index (χ4n) is 2.38. The summed E-state index contributed by atoms with van der Waals surface area (Å²) in [5.74, 6) is 1.56. The molecule has 0 fully saturated rings. The molecule has 0 unspecified atom stereocenters. The van der Waals surface area contributed by atoms with E-state index in [1.807, 2.05) is 18.2 Å². The summed E-state index contributed by atoms with van der Waals surface area (Å²) < 4.78 is 12.8. The Balaban J connectivity index is 2.61. The highest BCUT2D eigenvalue weighted by atomic mass is 16.5. The van der Waals surface area contributed by atoms with E-state index in [1.165, 1.54) is 0 Å². The summed E-state index contributed by atoms with van der Waals surface area (Å²) in [7, 11) is 3.31. The highest BCUT2D eigenvalue weighted by Gasteiger charge is 2.13. The molecule has 0 bridgehead atoms. The molecule has 4 heteroatoms. The molecule has 1 heterocycles. The first-order valence-corrected chi connectivity index (χ1v) is 6.22. The van der Waals surface area contributed by atoms with Crippen LogP contribution in [-0.4, -0.2) is 18.8 Å².